The van der Waals surface area contributed by atoms with Gasteiger partial charge in [-0.1, -0.05) is 38.0 Å². The molecule has 0 radical (unpaired) electrons. The normalized spacial score (nSPS) is 13.0. The van der Waals surface area contributed by atoms with Crippen molar-refractivity contribution < 1.29 is 18.7 Å². The molecule has 0 aliphatic carbocycles. The lowest BCUT2D eigenvalue weighted by Crippen LogP contribution is -2.35. The van der Waals surface area contributed by atoms with Crippen molar-refractivity contribution in [1.29, 1.82) is 0 Å². The molecule has 3 rings (SSSR count). The number of aromatic nitrogens is 1. The first kappa shape index (κ1) is 22.5. The predicted octanol–water partition coefficient (Wildman–Crippen LogP) is 4.61. The van der Waals surface area contributed by atoms with Crippen molar-refractivity contribution >= 4 is 17.0 Å². The molecule has 1 amide bonds. The Morgan fingerprint density at radius 3 is 2.65 bits per heavy atom. The van der Waals surface area contributed by atoms with Crippen molar-refractivity contribution in [3.63, 3.8) is 0 Å². The fraction of sp³-hybridized carbons (Fsp3) is 0.417. The van der Waals surface area contributed by atoms with E-state index in [4.69, 9.17) is 13.9 Å². The van der Waals surface area contributed by atoms with Crippen LogP contribution in [0.1, 0.15) is 57.7 Å². The van der Waals surface area contributed by atoms with Crippen LogP contribution in [-0.4, -0.2) is 24.2 Å². The van der Waals surface area contributed by atoms with Crippen LogP contribution in [0.2, 0.25) is 0 Å². The third kappa shape index (κ3) is 5.10. The zero-order valence-electron chi connectivity index (χ0n) is 18.5. The summed E-state index contributed by atoms with van der Waals surface area (Å²) in [7, 11) is 1.60. The Bertz CT molecular complexity index is 1090. The minimum Gasteiger partial charge on any atom is -0.493 e. The van der Waals surface area contributed by atoms with Gasteiger partial charge >= 0.3 is 5.76 Å². The number of para-hydroxylation sites is 2. The van der Waals surface area contributed by atoms with Gasteiger partial charge in [0.15, 0.2) is 17.1 Å². The van der Waals surface area contributed by atoms with Crippen molar-refractivity contribution in [2.24, 2.45) is 0 Å². The molecular formula is C24H30N2O5. The number of carbonyl (C=O) groups excluding carboxylic acids is 1. The Hall–Kier alpha value is -3.22. The maximum atomic E-state index is 12.9. The molecule has 31 heavy (non-hydrogen) atoms. The average Bonchev–Trinajstić information content (AvgIpc) is 3.11. The number of carbonyl (C=O) groups is 1. The Balaban J connectivity index is 1.71. The number of nitrogens with one attached hydrogen (secondary N) is 1. The molecule has 0 saturated heterocycles. The maximum Gasteiger partial charge on any atom is 0.420 e. The van der Waals surface area contributed by atoms with E-state index in [1.807, 2.05) is 25.1 Å². The fourth-order valence-corrected chi connectivity index (χ4v) is 3.49. The molecule has 0 spiro atoms. The van der Waals surface area contributed by atoms with Gasteiger partial charge in [0.1, 0.15) is 6.04 Å². The van der Waals surface area contributed by atoms with Crippen molar-refractivity contribution in [2.75, 3.05) is 13.7 Å². The van der Waals surface area contributed by atoms with Crippen LogP contribution in [0.15, 0.2) is 51.7 Å². The van der Waals surface area contributed by atoms with Crippen LogP contribution < -0.4 is 20.5 Å². The molecule has 3 aromatic rings. The van der Waals surface area contributed by atoms with Gasteiger partial charge in [-0.05, 0) is 50.1 Å². The van der Waals surface area contributed by atoms with Gasteiger partial charge in [0, 0.05) is 0 Å². The minimum absolute atomic E-state index is 0.278. The van der Waals surface area contributed by atoms with E-state index < -0.39 is 11.8 Å². The maximum absolute atomic E-state index is 12.9. The number of hydrogen-bond donors (Lipinski definition) is 1. The van der Waals surface area contributed by atoms with E-state index in [9.17, 15) is 9.59 Å². The largest absolute Gasteiger partial charge is 0.493 e. The topological polar surface area (TPSA) is 82.7 Å². The van der Waals surface area contributed by atoms with E-state index in [0.29, 0.717) is 29.2 Å². The average molecular weight is 427 g/mol. The quantitative estimate of drug-likeness (QED) is 0.479. The zero-order valence-corrected chi connectivity index (χ0v) is 18.5. The molecule has 0 aliphatic rings. The zero-order chi connectivity index (χ0) is 22.4. The summed E-state index contributed by atoms with van der Waals surface area (Å²) in [6.07, 6.45) is 3.25. The second-order valence-electron chi connectivity index (χ2n) is 7.58. The van der Waals surface area contributed by atoms with Gasteiger partial charge in [-0.2, -0.15) is 0 Å². The van der Waals surface area contributed by atoms with Gasteiger partial charge in [-0.25, -0.2) is 4.79 Å². The molecule has 1 heterocycles. The molecule has 2 atom stereocenters. The van der Waals surface area contributed by atoms with Crippen LogP contribution in [0.25, 0.3) is 11.1 Å². The Morgan fingerprint density at radius 1 is 1.13 bits per heavy atom. The standard InChI is InChI=1S/C24H30N2O5/c1-5-6-9-14-30-21-13-12-18(15-22(21)29-4)16(2)25-23(27)17(3)26-19-10-7-8-11-20(19)31-24(26)28/h7-8,10-13,15-17H,5-6,9,14H2,1-4H3,(H,25,27). The van der Waals surface area contributed by atoms with Crippen LogP contribution in [-0.2, 0) is 4.79 Å². The fourth-order valence-electron chi connectivity index (χ4n) is 3.49. The highest BCUT2D eigenvalue weighted by molar-refractivity contribution is 5.83. The second-order valence-corrected chi connectivity index (χ2v) is 7.58. The third-order valence-electron chi connectivity index (χ3n) is 5.34. The highest BCUT2D eigenvalue weighted by Crippen LogP contribution is 2.30. The number of methoxy groups -OCH3 is 1. The first-order chi connectivity index (χ1) is 15.0. The molecular weight excluding hydrogens is 396 g/mol. The van der Waals surface area contributed by atoms with Crippen LogP contribution in [0.4, 0.5) is 0 Å². The lowest BCUT2D eigenvalue weighted by atomic mass is 10.1. The summed E-state index contributed by atoms with van der Waals surface area (Å²) in [5, 5.41) is 2.97. The van der Waals surface area contributed by atoms with Crippen molar-refractivity contribution in [3.05, 3.63) is 58.6 Å². The summed E-state index contributed by atoms with van der Waals surface area (Å²) in [5.74, 6) is 0.480. The molecule has 2 unspecified atom stereocenters. The Labute approximate surface area is 182 Å². The molecule has 1 aromatic heterocycles. The second kappa shape index (κ2) is 10.2. The number of oxazole rings is 1. The summed E-state index contributed by atoms with van der Waals surface area (Å²) in [6.45, 7) is 6.36. The number of benzene rings is 2. The van der Waals surface area contributed by atoms with Gasteiger partial charge in [0.2, 0.25) is 5.91 Å². The monoisotopic (exact) mass is 426 g/mol. The lowest BCUT2D eigenvalue weighted by molar-refractivity contribution is -0.124. The summed E-state index contributed by atoms with van der Waals surface area (Å²) < 4.78 is 17.9. The number of unbranched alkanes of at least 4 members (excludes halogenated alkanes) is 2. The number of rotatable bonds is 10. The lowest BCUT2D eigenvalue weighted by Gasteiger charge is -2.20. The molecule has 1 N–H and O–H groups in total. The molecule has 2 aromatic carbocycles. The van der Waals surface area contributed by atoms with E-state index in [2.05, 4.69) is 12.2 Å². The number of ether oxygens (including phenoxy) is 2. The molecule has 0 bridgehead atoms. The highest BCUT2D eigenvalue weighted by Gasteiger charge is 2.23. The first-order valence-corrected chi connectivity index (χ1v) is 10.7. The van der Waals surface area contributed by atoms with Gasteiger partial charge in [0.25, 0.3) is 0 Å². The highest BCUT2D eigenvalue weighted by atomic mass is 16.5. The van der Waals surface area contributed by atoms with Crippen LogP contribution in [0, 0.1) is 0 Å². The first-order valence-electron chi connectivity index (χ1n) is 10.7. The van der Waals surface area contributed by atoms with Crippen molar-refractivity contribution in [1.82, 2.24) is 9.88 Å². The van der Waals surface area contributed by atoms with Crippen LogP contribution in [0.3, 0.4) is 0 Å². The van der Waals surface area contributed by atoms with E-state index in [-0.39, 0.29) is 11.9 Å². The summed E-state index contributed by atoms with van der Waals surface area (Å²) in [6, 6.07) is 11.7. The molecule has 0 aliphatic heterocycles. The van der Waals surface area contributed by atoms with Gasteiger partial charge in [0.05, 0.1) is 25.3 Å². The van der Waals surface area contributed by atoms with Crippen molar-refractivity contribution in [3.8, 4) is 11.5 Å². The minimum atomic E-state index is -0.721. The molecule has 0 fully saturated rings. The Morgan fingerprint density at radius 2 is 1.90 bits per heavy atom. The van der Waals surface area contributed by atoms with E-state index in [1.165, 1.54) is 4.57 Å². The van der Waals surface area contributed by atoms with Gasteiger partial charge in [-0.3, -0.25) is 9.36 Å². The number of amides is 1. The Kier molecular flexibility index (Phi) is 7.39. The van der Waals surface area contributed by atoms with E-state index >= 15 is 0 Å². The molecule has 0 saturated carbocycles. The molecule has 7 heteroatoms. The molecule has 166 valence electrons. The van der Waals surface area contributed by atoms with E-state index in [0.717, 1.165) is 24.8 Å². The summed E-state index contributed by atoms with van der Waals surface area (Å²) in [5.41, 5.74) is 1.93. The smallest absolute Gasteiger partial charge is 0.420 e. The van der Waals surface area contributed by atoms with Gasteiger partial charge < -0.3 is 19.2 Å². The number of nitrogens with zero attached hydrogens (tertiary/aromatic N) is 1. The summed E-state index contributed by atoms with van der Waals surface area (Å²) >= 11 is 0. The van der Waals surface area contributed by atoms with Gasteiger partial charge in [-0.15, -0.1) is 0 Å². The predicted molar refractivity (Wildman–Crippen MR) is 120 cm³/mol. The number of fused-ring (bicyclic) bond motifs is 1. The third-order valence-corrected chi connectivity index (χ3v) is 5.34. The van der Waals surface area contributed by atoms with Crippen molar-refractivity contribution in [2.45, 2.75) is 52.1 Å². The SMILES string of the molecule is CCCCCOc1ccc(C(C)NC(=O)C(C)n2c(=O)oc3ccccc32)cc1OC. The summed E-state index contributed by atoms with van der Waals surface area (Å²) in [4.78, 5) is 25.2. The van der Waals surface area contributed by atoms with Crippen LogP contribution >= 0.6 is 0 Å². The molecule has 7 nitrogen and oxygen atoms in total. The van der Waals surface area contributed by atoms with E-state index in [1.54, 1.807) is 38.3 Å². The van der Waals surface area contributed by atoms with Crippen LogP contribution in [0.5, 0.6) is 11.5 Å². The number of hydrogen-bond acceptors (Lipinski definition) is 5.